The van der Waals surface area contributed by atoms with E-state index in [-0.39, 0.29) is 5.56 Å². The van der Waals surface area contributed by atoms with Gasteiger partial charge in [0.05, 0.1) is 39.8 Å². The fraction of sp³-hybridized carbons (Fsp3) is 0.0690. The third-order valence-corrected chi connectivity index (χ3v) is 6.31. The van der Waals surface area contributed by atoms with Crippen LogP contribution in [0.5, 0.6) is 0 Å². The minimum absolute atomic E-state index is 0.205. The molecule has 3 aromatic heterocycles. The van der Waals surface area contributed by atoms with Gasteiger partial charge in [-0.05, 0) is 48.9 Å². The molecule has 3 heterocycles. The SMILES string of the molecule is C[C@H](Nc1ncnc2ccc(C#N)cc12)c1nc2cccc(-c3cncnc3)c2c(=O)n1-c1ccccc1. The van der Waals surface area contributed by atoms with E-state index in [1.807, 2.05) is 55.5 Å². The molecule has 0 fully saturated rings. The molecule has 0 radical (unpaired) electrons. The molecule has 9 nitrogen and oxygen atoms in total. The third-order valence-electron chi connectivity index (χ3n) is 6.31. The molecule has 6 rings (SSSR count). The van der Waals surface area contributed by atoms with Crippen LogP contribution in [-0.4, -0.2) is 29.5 Å². The number of hydrogen-bond donors (Lipinski definition) is 1. The number of rotatable bonds is 5. The molecule has 9 heteroatoms. The Balaban J connectivity index is 1.56. The Bertz CT molecular complexity index is 1900. The topological polar surface area (TPSA) is 122 Å². The third kappa shape index (κ3) is 4.00. The lowest BCUT2D eigenvalue weighted by molar-refractivity contribution is 0.732. The standard InChI is InChI=1S/C29H20N8O/c1-18(35-27-23-12-19(13-30)10-11-24(23)33-17-34-27)28-36-25-9-5-8-22(20-14-31-16-32-15-20)26(25)29(38)37(28)21-6-3-2-4-7-21/h2-12,14-18H,1H3,(H,33,34,35)/t18-/m0/s1. The summed E-state index contributed by atoms with van der Waals surface area (Å²) < 4.78 is 1.62. The highest BCUT2D eigenvalue weighted by atomic mass is 16.1. The van der Waals surface area contributed by atoms with Crippen molar-refractivity contribution < 1.29 is 0 Å². The van der Waals surface area contributed by atoms with E-state index in [0.717, 1.165) is 5.56 Å². The average molecular weight is 497 g/mol. The van der Waals surface area contributed by atoms with Crippen molar-refractivity contribution in [2.45, 2.75) is 13.0 Å². The number of fused-ring (bicyclic) bond motifs is 2. The highest BCUT2D eigenvalue weighted by molar-refractivity contribution is 5.94. The van der Waals surface area contributed by atoms with E-state index in [4.69, 9.17) is 4.98 Å². The number of anilines is 1. The predicted molar refractivity (Wildman–Crippen MR) is 145 cm³/mol. The summed E-state index contributed by atoms with van der Waals surface area (Å²) in [4.78, 5) is 36.2. The van der Waals surface area contributed by atoms with Crippen LogP contribution in [0.3, 0.4) is 0 Å². The first-order chi connectivity index (χ1) is 18.6. The number of aromatic nitrogens is 6. The van der Waals surface area contributed by atoms with Crippen LogP contribution in [0.1, 0.15) is 24.4 Å². The molecule has 38 heavy (non-hydrogen) atoms. The number of nitrogens with one attached hydrogen (secondary N) is 1. The van der Waals surface area contributed by atoms with Crippen LogP contribution >= 0.6 is 0 Å². The van der Waals surface area contributed by atoms with Crippen molar-refractivity contribution in [1.29, 1.82) is 5.26 Å². The highest BCUT2D eigenvalue weighted by Gasteiger charge is 2.21. The summed E-state index contributed by atoms with van der Waals surface area (Å²) in [5.41, 5.74) is 3.70. The molecular weight excluding hydrogens is 476 g/mol. The summed E-state index contributed by atoms with van der Waals surface area (Å²) in [6, 6.07) is 22.0. The highest BCUT2D eigenvalue weighted by Crippen LogP contribution is 2.29. The molecule has 0 spiro atoms. The Labute approximate surface area is 217 Å². The van der Waals surface area contributed by atoms with E-state index in [9.17, 15) is 10.1 Å². The van der Waals surface area contributed by atoms with Crippen molar-refractivity contribution in [2.75, 3.05) is 5.32 Å². The van der Waals surface area contributed by atoms with Crippen LogP contribution < -0.4 is 10.9 Å². The maximum atomic E-state index is 14.2. The smallest absolute Gasteiger partial charge is 0.266 e. The fourth-order valence-electron chi connectivity index (χ4n) is 4.55. The molecule has 0 aliphatic carbocycles. The van der Waals surface area contributed by atoms with Gasteiger partial charge in [0.15, 0.2) is 0 Å². The lowest BCUT2D eigenvalue weighted by Crippen LogP contribution is -2.27. The van der Waals surface area contributed by atoms with E-state index >= 15 is 0 Å². The Kier molecular flexibility index (Phi) is 5.75. The molecule has 0 aliphatic rings. The van der Waals surface area contributed by atoms with E-state index < -0.39 is 6.04 Å². The number of benzene rings is 3. The van der Waals surface area contributed by atoms with Crippen LogP contribution in [0, 0.1) is 11.3 Å². The number of hydrogen-bond acceptors (Lipinski definition) is 8. The van der Waals surface area contributed by atoms with E-state index in [2.05, 4.69) is 31.3 Å². The summed E-state index contributed by atoms with van der Waals surface area (Å²) in [5, 5.41) is 14.0. The van der Waals surface area contributed by atoms with Gasteiger partial charge in [0.2, 0.25) is 0 Å². The van der Waals surface area contributed by atoms with Gasteiger partial charge in [0, 0.05) is 23.3 Å². The van der Waals surface area contributed by atoms with E-state index in [1.54, 1.807) is 35.2 Å². The molecule has 1 N–H and O–H groups in total. The van der Waals surface area contributed by atoms with Gasteiger partial charge in [-0.25, -0.2) is 24.9 Å². The Morgan fingerprint density at radius 3 is 2.53 bits per heavy atom. The molecule has 0 aliphatic heterocycles. The molecule has 3 aromatic carbocycles. The first-order valence-corrected chi connectivity index (χ1v) is 11.9. The molecule has 6 aromatic rings. The van der Waals surface area contributed by atoms with E-state index in [1.165, 1.54) is 12.7 Å². The maximum Gasteiger partial charge on any atom is 0.266 e. The second-order valence-electron chi connectivity index (χ2n) is 8.70. The van der Waals surface area contributed by atoms with Gasteiger partial charge >= 0.3 is 0 Å². The lowest BCUT2D eigenvalue weighted by Gasteiger charge is -2.21. The minimum Gasteiger partial charge on any atom is -0.360 e. The Morgan fingerprint density at radius 1 is 0.921 bits per heavy atom. The summed E-state index contributed by atoms with van der Waals surface area (Å²) in [6.07, 6.45) is 6.29. The first-order valence-electron chi connectivity index (χ1n) is 11.9. The molecule has 1 atom stereocenters. The molecule has 0 bridgehead atoms. The van der Waals surface area contributed by atoms with Crippen molar-refractivity contribution in [2.24, 2.45) is 0 Å². The van der Waals surface area contributed by atoms with Crippen molar-refractivity contribution >= 4 is 27.6 Å². The molecular formula is C29H20N8O. The van der Waals surface area contributed by atoms with Crippen LogP contribution in [-0.2, 0) is 0 Å². The van der Waals surface area contributed by atoms with Gasteiger partial charge in [-0.1, -0.05) is 30.3 Å². The summed E-state index contributed by atoms with van der Waals surface area (Å²) in [7, 11) is 0. The second-order valence-corrected chi connectivity index (χ2v) is 8.70. The van der Waals surface area contributed by atoms with Gasteiger partial charge in [0.25, 0.3) is 5.56 Å². The zero-order valence-electron chi connectivity index (χ0n) is 20.3. The quantitative estimate of drug-likeness (QED) is 0.360. The fourth-order valence-corrected chi connectivity index (χ4v) is 4.55. The molecule has 0 unspecified atom stereocenters. The first kappa shape index (κ1) is 22.9. The largest absolute Gasteiger partial charge is 0.360 e. The zero-order valence-corrected chi connectivity index (χ0v) is 20.3. The number of para-hydroxylation sites is 1. The van der Waals surface area contributed by atoms with Crippen molar-refractivity contribution in [3.05, 3.63) is 114 Å². The van der Waals surface area contributed by atoms with Gasteiger partial charge in [-0.3, -0.25) is 9.36 Å². The predicted octanol–water partition coefficient (Wildman–Crippen LogP) is 4.83. The summed E-state index contributed by atoms with van der Waals surface area (Å²) in [6.45, 7) is 1.92. The lowest BCUT2D eigenvalue weighted by atomic mass is 10.0. The zero-order chi connectivity index (χ0) is 26.1. The molecule has 0 saturated heterocycles. The second kappa shape index (κ2) is 9.52. The van der Waals surface area contributed by atoms with Crippen LogP contribution in [0.4, 0.5) is 5.82 Å². The van der Waals surface area contributed by atoms with Crippen molar-refractivity contribution in [3.63, 3.8) is 0 Å². The van der Waals surface area contributed by atoms with Crippen LogP contribution in [0.25, 0.3) is 38.6 Å². The molecule has 182 valence electrons. The van der Waals surface area contributed by atoms with Gasteiger partial charge in [0.1, 0.15) is 24.3 Å². The maximum absolute atomic E-state index is 14.2. The molecule has 0 amide bonds. The van der Waals surface area contributed by atoms with Gasteiger partial charge in [-0.15, -0.1) is 0 Å². The summed E-state index contributed by atoms with van der Waals surface area (Å²) >= 11 is 0. The summed E-state index contributed by atoms with van der Waals surface area (Å²) in [5.74, 6) is 1.06. The van der Waals surface area contributed by atoms with Gasteiger partial charge < -0.3 is 5.32 Å². The van der Waals surface area contributed by atoms with Crippen molar-refractivity contribution in [1.82, 2.24) is 29.5 Å². The van der Waals surface area contributed by atoms with Gasteiger partial charge in [-0.2, -0.15) is 5.26 Å². The van der Waals surface area contributed by atoms with Crippen LogP contribution in [0.15, 0.2) is 96.6 Å². The Morgan fingerprint density at radius 2 is 1.74 bits per heavy atom. The average Bonchev–Trinajstić information content (AvgIpc) is 2.97. The van der Waals surface area contributed by atoms with Crippen LogP contribution in [0.2, 0.25) is 0 Å². The van der Waals surface area contributed by atoms with E-state index in [0.29, 0.717) is 50.3 Å². The minimum atomic E-state index is -0.431. The number of nitrogens with zero attached hydrogens (tertiary/aromatic N) is 7. The van der Waals surface area contributed by atoms with Crippen molar-refractivity contribution in [3.8, 4) is 22.9 Å². The monoisotopic (exact) mass is 496 g/mol. The molecule has 0 saturated carbocycles. The Hall–Kier alpha value is -5.49. The number of nitriles is 1. The normalized spacial score (nSPS) is 11.8.